The van der Waals surface area contributed by atoms with Crippen LogP contribution < -0.4 is 5.32 Å². The van der Waals surface area contributed by atoms with Crippen LogP contribution >= 0.6 is 31.9 Å². The van der Waals surface area contributed by atoms with Gasteiger partial charge >= 0.3 is 0 Å². The Morgan fingerprint density at radius 2 is 1.62 bits per heavy atom. The number of phenolic OH excluding ortho intramolecular Hbond substituents is 1. The maximum Gasteiger partial charge on any atom is 0.143 e. The van der Waals surface area contributed by atoms with Crippen molar-refractivity contribution < 1.29 is 5.11 Å². The molecule has 0 radical (unpaired) electrons. The number of halogens is 2. The molecule has 0 amide bonds. The minimum Gasteiger partial charge on any atom is -0.506 e. The molecule has 0 spiro atoms. The summed E-state index contributed by atoms with van der Waals surface area (Å²) in [5.41, 5.74) is 3.75. The molecule has 0 aliphatic rings. The van der Waals surface area contributed by atoms with Gasteiger partial charge < -0.3 is 10.4 Å². The van der Waals surface area contributed by atoms with Crippen LogP contribution in [0.5, 0.6) is 5.75 Å². The van der Waals surface area contributed by atoms with Crippen LogP contribution in [0.15, 0.2) is 51.7 Å². The molecule has 2 aromatic carbocycles. The van der Waals surface area contributed by atoms with Crippen molar-refractivity contribution in [2.45, 2.75) is 6.54 Å². The Morgan fingerprint density at radius 1 is 0.952 bits per heavy atom. The third-order valence-electron chi connectivity index (χ3n) is 3.04. The van der Waals surface area contributed by atoms with Crippen molar-refractivity contribution in [3.8, 4) is 5.75 Å². The summed E-state index contributed by atoms with van der Waals surface area (Å²) in [5.74, 6) is 0.208. The number of nitrogens with one attached hydrogen (secondary N) is 1. The van der Waals surface area contributed by atoms with Crippen molar-refractivity contribution in [3.63, 3.8) is 0 Å². The minimum atomic E-state index is 0.208. The molecule has 1 heterocycles. The molecular formula is C15H11Br2N3O. The Labute approximate surface area is 138 Å². The average molecular weight is 409 g/mol. The lowest BCUT2D eigenvalue weighted by atomic mass is 10.2. The summed E-state index contributed by atoms with van der Waals surface area (Å²) in [7, 11) is 0. The summed E-state index contributed by atoms with van der Waals surface area (Å²) in [6, 6.07) is 9.64. The number of aromatic hydroxyl groups is 1. The predicted octanol–water partition coefficient (Wildman–Crippen LogP) is 4.47. The van der Waals surface area contributed by atoms with Crippen LogP contribution in [0.3, 0.4) is 0 Å². The zero-order valence-corrected chi connectivity index (χ0v) is 14.0. The summed E-state index contributed by atoms with van der Waals surface area (Å²) in [5, 5.41) is 13.0. The summed E-state index contributed by atoms with van der Waals surface area (Å²) in [6.07, 6.45) is 3.36. The molecule has 0 atom stereocenters. The van der Waals surface area contributed by atoms with Gasteiger partial charge in [0.2, 0.25) is 0 Å². The van der Waals surface area contributed by atoms with Gasteiger partial charge in [0.15, 0.2) is 0 Å². The molecule has 0 unspecified atom stereocenters. The van der Waals surface area contributed by atoms with E-state index in [0.29, 0.717) is 15.5 Å². The topological polar surface area (TPSA) is 58.0 Å². The van der Waals surface area contributed by atoms with Gasteiger partial charge in [0.25, 0.3) is 0 Å². The Balaban J connectivity index is 1.80. The van der Waals surface area contributed by atoms with Crippen molar-refractivity contribution >= 4 is 48.6 Å². The first kappa shape index (κ1) is 14.3. The lowest BCUT2D eigenvalue weighted by molar-refractivity contribution is 0.468. The number of rotatable bonds is 3. The fraction of sp³-hybridized carbons (Fsp3) is 0.0667. The quantitative estimate of drug-likeness (QED) is 0.671. The van der Waals surface area contributed by atoms with E-state index in [2.05, 4.69) is 47.1 Å². The first-order valence-electron chi connectivity index (χ1n) is 6.25. The Morgan fingerprint density at radius 3 is 2.33 bits per heavy atom. The second-order valence-electron chi connectivity index (χ2n) is 4.52. The van der Waals surface area contributed by atoms with Gasteiger partial charge in [0, 0.05) is 24.6 Å². The molecule has 0 fully saturated rings. The number of anilines is 1. The lowest BCUT2D eigenvalue weighted by Crippen LogP contribution is -2.00. The molecule has 0 aliphatic carbocycles. The molecule has 106 valence electrons. The van der Waals surface area contributed by atoms with E-state index in [1.165, 1.54) is 0 Å². The van der Waals surface area contributed by atoms with Crippen molar-refractivity contribution in [2.75, 3.05) is 5.32 Å². The molecule has 6 heteroatoms. The van der Waals surface area contributed by atoms with Crippen molar-refractivity contribution in [1.82, 2.24) is 9.97 Å². The van der Waals surface area contributed by atoms with Gasteiger partial charge in [-0.05, 0) is 67.8 Å². The molecule has 0 bridgehead atoms. The second kappa shape index (κ2) is 5.99. The van der Waals surface area contributed by atoms with E-state index in [-0.39, 0.29) is 5.75 Å². The molecule has 0 saturated heterocycles. The predicted molar refractivity (Wildman–Crippen MR) is 90.4 cm³/mol. The number of aromatic nitrogens is 2. The maximum atomic E-state index is 9.71. The summed E-state index contributed by atoms with van der Waals surface area (Å²) in [4.78, 5) is 8.53. The van der Waals surface area contributed by atoms with Gasteiger partial charge in [0.05, 0.1) is 20.0 Å². The second-order valence-corrected chi connectivity index (χ2v) is 6.23. The van der Waals surface area contributed by atoms with Crippen LogP contribution in [-0.2, 0) is 6.54 Å². The number of hydrogen-bond donors (Lipinski definition) is 2. The van der Waals surface area contributed by atoms with Gasteiger partial charge in [-0.3, -0.25) is 9.97 Å². The highest BCUT2D eigenvalue weighted by atomic mass is 79.9. The summed E-state index contributed by atoms with van der Waals surface area (Å²) < 4.78 is 1.33. The van der Waals surface area contributed by atoms with Crippen LogP contribution in [0.25, 0.3) is 11.0 Å². The van der Waals surface area contributed by atoms with E-state index in [1.807, 2.05) is 30.3 Å². The number of phenols is 1. The first-order valence-corrected chi connectivity index (χ1v) is 7.83. The van der Waals surface area contributed by atoms with Crippen molar-refractivity contribution in [2.24, 2.45) is 0 Å². The van der Waals surface area contributed by atoms with E-state index in [9.17, 15) is 5.11 Å². The molecule has 1 aromatic heterocycles. The number of nitrogens with zero attached hydrogens (tertiary/aromatic N) is 2. The Hall–Kier alpha value is -1.66. The van der Waals surface area contributed by atoms with Gasteiger partial charge in [-0.15, -0.1) is 0 Å². The molecule has 3 rings (SSSR count). The summed E-state index contributed by atoms with van der Waals surface area (Å²) in [6.45, 7) is 0.642. The fourth-order valence-corrected chi connectivity index (χ4v) is 3.28. The van der Waals surface area contributed by atoms with Gasteiger partial charge in [0.1, 0.15) is 5.75 Å². The monoisotopic (exact) mass is 407 g/mol. The smallest absolute Gasteiger partial charge is 0.143 e. The van der Waals surface area contributed by atoms with Crippen LogP contribution in [0.1, 0.15) is 5.56 Å². The number of benzene rings is 2. The van der Waals surface area contributed by atoms with Crippen molar-refractivity contribution in [3.05, 3.63) is 57.2 Å². The van der Waals surface area contributed by atoms with E-state index in [0.717, 1.165) is 22.3 Å². The van der Waals surface area contributed by atoms with Crippen molar-refractivity contribution in [1.29, 1.82) is 0 Å². The minimum absolute atomic E-state index is 0.208. The van der Waals surface area contributed by atoms with Crippen LogP contribution in [0.2, 0.25) is 0 Å². The van der Waals surface area contributed by atoms with Gasteiger partial charge in [-0.1, -0.05) is 0 Å². The highest BCUT2D eigenvalue weighted by molar-refractivity contribution is 9.11. The molecule has 4 nitrogen and oxygen atoms in total. The van der Waals surface area contributed by atoms with E-state index in [1.54, 1.807) is 12.4 Å². The van der Waals surface area contributed by atoms with Crippen LogP contribution in [0.4, 0.5) is 5.69 Å². The highest BCUT2D eigenvalue weighted by Crippen LogP contribution is 2.33. The third kappa shape index (κ3) is 3.16. The lowest BCUT2D eigenvalue weighted by Gasteiger charge is -2.09. The molecule has 3 aromatic rings. The van der Waals surface area contributed by atoms with Gasteiger partial charge in [-0.25, -0.2) is 0 Å². The molecule has 0 saturated carbocycles. The summed E-state index contributed by atoms with van der Waals surface area (Å²) >= 11 is 6.66. The van der Waals surface area contributed by atoms with Gasteiger partial charge in [-0.2, -0.15) is 0 Å². The Kier molecular flexibility index (Phi) is 4.07. The normalized spacial score (nSPS) is 10.8. The molecule has 0 aliphatic heterocycles. The van der Waals surface area contributed by atoms with Crippen LogP contribution in [-0.4, -0.2) is 15.1 Å². The standard InChI is InChI=1S/C15H11Br2N3O/c16-11-5-9(6-12(17)15(11)21)8-20-10-1-2-13-14(7-10)19-4-3-18-13/h1-7,20-21H,8H2. The third-order valence-corrected chi connectivity index (χ3v) is 4.25. The Bertz CT molecular complexity index is 785. The zero-order chi connectivity index (χ0) is 14.8. The molecular weight excluding hydrogens is 398 g/mol. The average Bonchev–Trinajstić information content (AvgIpc) is 2.50. The zero-order valence-electron chi connectivity index (χ0n) is 10.8. The number of fused-ring (bicyclic) bond motifs is 1. The van der Waals surface area contributed by atoms with E-state index < -0.39 is 0 Å². The van der Waals surface area contributed by atoms with Crippen LogP contribution in [0, 0.1) is 0 Å². The fourth-order valence-electron chi connectivity index (χ4n) is 2.00. The largest absolute Gasteiger partial charge is 0.506 e. The molecule has 21 heavy (non-hydrogen) atoms. The van der Waals surface area contributed by atoms with E-state index >= 15 is 0 Å². The SMILES string of the molecule is Oc1c(Br)cc(CNc2ccc3nccnc3c2)cc1Br. The highest BCUT2D eigenvalue weighted by Gasteiger charge is 2.06. The number of hydrogen-bond acceptors (Lipinski definition) is 4. The maximum absolute atomic E-state index is 9.71. The molecule has 2 N–H and O–H groups in total. The first-order chi connectivity index (χ1) is 10.1. The van der Waals surface area contributed by atoms with E-state index in [4.69, 9.17) is 0 Å².